The van der Waals surface area contributed by atoms with Crippen LogP contribution in [0.2, 0.25) is 0 Å². The van der Waals surface area contributed by atoms with Gasteiger partial charge in [-0.3, -0.25) is 19.4 Å². The number of halogens is 1. The number of benzene rings is 1. The molecule has 1 fully saturated rings. The van der Waals surface area contributed by atoms with E-state index in [2.05, 4.69) is 6.58 Å². The number of amides is 4. The van der Waals surface area contributed by atoms with Gasteiger partial charge in [-0.1, -0.05) is 18.2 Å². The monoisotopic (exact) mass is 290 g/mol. The summed E-state index contributed by atoms with van der Waals surface area (Å²) in [5.41, 5.74) is 0.781. The molecule has 0 atom stereocenters. The number of hydrogen-bond acceptors (Lipinski definition) is 3. The molecule has 0 radical (unpaired) electrons. The van der Waals surface area contributed by atoms with Crippen molar-refractivity contribution in [3.05, 3.63) is 48.3 Å². The summed E-state index contributed by atoms with van der Waals surface area (Å²) in [5.74, 6) is -1.97. The highest BCUT2D eigenvalue weighted by Crippen LogP contribution is 2.14. The van der Waals surface area contributed by atoms with E-state index in [0.717, 1.165) is 15.4 Å². The Morgan fingerprint density at radius 3 is 2.52 bits per heavy atom. The third-order valence-electron chi connectivity index (χ3n) is 3.18. The zero-order valence-electron chi connectivity index (χ0n) is 11.4. The Kier molecular flexibility index (Phi) is 4.47. The summed E-state index contributed by atoms with van der Waals surface area (Å²) in [6.07, 6.45) is 2.37. The molecular formula is C15H15FN2O3. The van der Waals surface area contributed by atoms with E-state index < -0.39 is 17.8 Å². The first-order valence-corrected chi connectivity index (χ1v) is 6.57. The fraction of sp³-hybridized carbons (Fsp3) is 0.267. The van der Waals surface area contributed by atoms with E-state index in [1.165, 1.54) is 18.2 Å². The van der Waals surface area contributed by atoms with Gasteiger partial charge in [0, 0.05) is 13.1 Å². The number of carbonyl (C=O) groups excluding carboxylic acids is 3. The number of hydrogen-bond donors (Lipinski definition) is 0. The van der Waals surface area contributed by atoms with Crippen LogP contribution in [0.4, 0.5) is 9.18 Å². The maximum Gasteiger partial charge on any atom is 0.334 e. The van der Waals surface area contributed by atoms with Crippen LogP contribution in [-0.2, 0) is 16.0 Å². The van der Waals surface area contributed by atoms with Crippen LogP contribution in [0, 0.1) is 5.82 Å². The van der Waals surface area contributed by atoms with E-state index >= 15 is 0 Å². The smallest absolute Gasteiger partial charge is 0.263 e. The normalized spacial score (nSPS) is 15.0. The van der Waals surface area contributed by atoms with Crippen LogP contribution in [-0.4, -0.2) is 40.7 Å². The zero-order chi connectivity index (χ0) is 15.4. The number of nitrogens with zero attached hydrogens (tertiary/aromatic N) is 2. The van der Waals surface area contributed by atoms with Crippen molar-refractivity contribution in [1.82, 2.24) is 9.80 Å². The van der Waals surface area contributed by atoms with Crippen LogP contribution in [0.1, 0.15) is 12.0 Å². The third-order valence-corrected chi connectivity index (χ3v) is 3.18. The number of carbonyl (C=O) groups is 3. The van der Waals surface area contributed by atoms with E-state index in [9.17, 15) is 18.8 Å². The van der Waals surface area contributed by atoms with Gasteiger partial charge in [-0.05, 0) is 30.5 Å². The van der Waals surface area contributed by atoms with Crippen LogP contribution < -0.4 is 0 Å². The first-order valence-electron chi connectivity index (χ1n) is 6.57. The average Bonchev–Trinajstić information content (AvgIpc) is 2.65. The summed E-state index contributed by atoms with van der Waals surface area (Å²) in [4.78, 5) is 37.0. The van der Waals surface area contributed by atoms with Crippen molar-refractivity contribution in [2.75, 3.05) is 13.1 Å². The Bertz CT molecular complexity index is 600. The molecule has 1 aliphatic heterocycles. The first-order chi connectivity index (χ1) is 10.0. The predicted octanol–water partition coefficient (Wildman–Crippen LogP) is 1.74. The highest BCUT2D eigenvalue weighted by atomic mass is 19.1. The van der Waals surface area contributed by atoms with E-state index in [1.807, 2.05) is 0 Å². The molecule has 1 aromatic carbocycles. The molecule has 0 saturated carbocycles. The van der Waals surface area contributed by atoms with Crippen LogP contribution in [0.5, 0.6) is 0 Å². The summed E-state index contributed by atoms with van der Waals surface area (Å²) >= 11 is 0. The van der Waals surface area contributed by atoms with Gasteiger partial charge in [0.25, 0.3) is 0 Å². The van der Waals surface area contributed by atoms with Crippen LogP contribution >= 0.6 is 0 Å². The van der Waals surface area contributed by atoms with Gasteiger partial charge in [-0.15, -0.1) is 6.58 Å². The molecule has 1 saturated heterocycles. The van der Waals surface area contributed by atoms with Gasteiger partial charge in [0.1, 0.15) is 5.82 Å². The minimum absolute atomic E-state index is 0.0177. The third kappa shape index (κ3) is 3.16. The van der Waals surface area contributed by atoms with Crippen molar-refractivity contribution in [3.8, 4) is 0 Å². The molecule has 1 aromatic rings. The highest BCUT2D eigenvalue weighted by Gasteiger charge is 2.43. The molecule has 0 aromatic heterocycles. The standard InChI is InChI=1S/C15H15FN2O3/c1-2-8-17-13(19)14(20)18(15(17)21)9-4-6-11-5-3-7-12(16)10-11/h2-3,5,7,10H,1,4,6,8-9H2. The lowest BCUT2D eigenvalue weighted by atomic mass is 10.1. The minimum atomic E-state index is -0.828. The highest BCUT2D eigenvalue weighted by molar-refractivity contribution is 6.44. The SMILES string of the molecule is C=CCN1C(=O)C(=O)N(CCCc2cccc(F)c2)C1=O. The van der Waals surface area contributed by atoms with Crippen molar-refractivity contribution in [1.29, 1.82) is 0 Å². The molecule has 0 aliphatic carbocycles. The second kappa shape index (κ2) is 6.30. The molecule has 21 heavy (non-hydrogen) atoms. The molecule has 1 aliphatic rings. The van der Waals surface area contributed by atoms with Crippen molar-refractivity contribution >= 4 is 17.8 Å². The van der Waals surface area contributed by atoms with E-state index in [0.29, 0.717) is 12.8 Å². The lowest BCUT2D eigenvalue weighted by Gasteiger charge is -2.14. The molecular weight excluding hydrogens is 275 g/mol. The molecule has 0 unspecified atom stereocenters. The van der Waals surface area contributed by atoms with Crippen LogP contribution in [0.15, 0.2) is 36.9 Å². The Hall–Kier alpha value is -2.50. The average molecular weight is 290 g/mol. The molecule has 6 heteroatoms. The van der Waals surface area contributed by atoms with Gasteiger partial charge in [0.15, 0.2) is 0 Å². The Morgan fingerprint density at radius 2 is 1.86 bits per heavy atom. The Balaban J connectivity index is 1.94. The van der Waals surface area contributed by atoms with Gasteiger partial charge < -0.3 is 0 Å². The second-order valence-corrected chi connectivity index (χ2v) is 4.68. The predicted molar refractivity (Wildman–Crippen MR) is 73.7 cm³/mol. The Morgan fingerprint density at radius 1 is 1.14 bits per heavy atom. The molecule has 0 N–H and O–H groups in total. The number of aryl methyl sites for hydroxylation is 1. The number of rotatable bonds is 6. The van der Waals surface area contributed by atoms with Crippen LogP contribution in [0.3, 0.4) is 0 Å². The fourth-order valence-electron chi connectivity index (χ4n) is 2.17. The van der Waals surface area contributed by atoms with Gasteiger partial charge in [0.05, 0.1) is 0 Å². The molecule has 4 amide bonds. The summed E-state index contributed by atoms with van der Waals surface area (Å²) < 4.78 is 13.0. The lowest BCUT2D eigenvalue weighted by Crippen LogP contribution is -2.34. The molecule has 5 nitrogen and oxygen atoms in total. The van der Waals surface area contributed by atoms with Crippen molar-refractivity contribution in [2.24, 2.45) is 0 Å². The molecule has 110 valence electrons. The molecule has 1 heterocycles. The number of imide groups is 2. The second-order valence-electron chi connectivity index (χ2n) is 4.68. The summed E-state index contributed by atoms with van der Waals surface area (Å²) in [7, 11) is 0. The Labute approximate surface area is 121 Å². The van der Waals surface area contributed by atoms with Crippen molar-refractivity contribution < 1.29 is 18.8 Å². The van der Waals surface area contributed by atoms with Gasteiger partial charge in [-0.25, -0.2) is 9.18 Å². The van der Waals surface area contributed by atoms with E-state index in [-0.39, 0.29) is 18.9 Å². The van der Waals surface area contributed by atoms with Crippen molar-refractivity contribution in [3.63, 3.8) is 0 Å². The maximum atomic E-state index is 13.0. The molecule has 0 spiro atoms. The van der Waals surface area contributed by atoms with E-state index in [4.69, 9.17) is 0 Å². The molecule has 2 rings (SSSR count). The van der Waals surface area contributed by atoms with Gasteiger partial charge in [0.2, 0.25) is 0 Å². The maximum absolute atomic E-state index is 13.0. The number of urea groups is 1. The van der Waals surface area contributed by atoms with Gasteiger partial charge >= 0.3 is 17.8 Å². The van der Waals surface area contributed by atoms with E-state index in [1.54, 1.807) is 12.1 Å². The van der Waals surface area contributed by atoms with Crippen LogP contribution in [0.25, 0.3) is 0 Å². The minimum Gasteiger partial charge on any atom is -0.263 e. The van der Waals surface area contributed by atoms with Gasteiger partial charge in [-0.2, -0.15) is 0 Å². The lowest BCUT2D eigenvalue weighted by molar-refractivity contribution is -0.143. The first kappa shape index (κ1) is 14.9. The summed E-state index contributed by atoms with van der Waals surface area (Å²) in [6, 6.07) is 5.51. The van der Waals surface area contributed by atoms with Crippen molar-refractivity contribution in [2.45, 2.75) is 12.8 Å². The zero-order valence-corrected chi connectivity index (χ0v) is 11.4. The largest absolute Gasteiger partial charge is 0.334 e. The quantitative estimate of drug-likeness (QED) is 0.455. The summed E-state index contributed by atoms with van der Waals surface area (Å²) in [6.45, 7) is 3.59. The summed E-state index contributed by atoms with van der Waals surface area (Å²) in [5, 5.41) is 0. The topological polar surface area (TPSA) is 57.7 Å². The fourth-order valence-corrected chi connectivity index (χ4v) is 2.17. The molecule has 0 bridgehead atoms.